The van der Waals surface area contributed by atoms with Crippen molar-refractivity contribution < 1.29 is 4.21 Å². The van der Waals surface area contributed by atoms with Crippen molar-refractivity contribution in [3.63, 3.8) is 0 Å². The molecule has 1 atom stereocenters. The van der Waals surface area contributed by atoms with E-state index in [2.05, 4.69) is 43.2 Å². The minimum absolute atomic E-state index is 0.241. The summed E-state index contributed by atoms with van der Waals surface area (Å²) in [6, 6.07) is 8.87. The number of hydrogen-bond donors (Lipinski definition) is 1. The van der Waals surface area contributed by atoms with E-state index in [0.717, 1.165) is 42.8 Å². The Morgan fingerprint density at radius 1 is 1.19 bits per heavy atom. The highest BCUT2D eigenvalue weighted by Gasteiger charge is 2.17. The summed E-state index contributed by atoms with van der Waals surface area (Å²) in [7, 11) is 0.935. The number of rotatable bonds is 6. The predicted molar refractivity (Wildman–Crippen MR) is 134 cm³/mol. The summed E-state index contributed by atoms with van der Waals surface area (Å²) in [5.74, 6) is 0.463. The van der Waals surface area contributed by atoms with Crippen LogP contribution in [0.4, 0.5) is 5.69 Å². The lowest BCUT2D eigenvalue weighted by Gasteiger charge is -2.32. The monoisotopic (exact) mass is 537 g/mol. The van der Waals surface area contributed by atoms with E-state index >= 15 is 0 Å². The molecule has 0 radical (unpaired) electrons. The number of benzene rings is 2. The predicted octanol–water partition coefficient (Wildman–Crippen LogP) is 3.56. The average molecular weight is 539 g/mol. The first-order chi connectivity index (χ1) is 15.4. The number of halogens is 2. The fourth-order valence-corrected chi connectivity index (χ4v) is 5.23. The molecule has 4 rings (SSSR count). The Hall–Kier alpha value is -1.78. The fourth-order valence-electron chi connectivity index (χ4n) is 3.71. The normalized spacial score (nSPS) is 16.4. The summed E-state index contributed by atoms with van der Waals surface area (Å²) >= 11 is 9.78. The Morgan fingerprint density at radius 3 is 2.66 bits per heavy atom. The molecular formula is C22H25BrClN5O2S. The lowest BCUT2D eigenvalue weighted by atomic mass is 10.1. The Labute approximate surface area is 202 Å². The Balaban J connectivity index is 1.65. The van der Waals surface area contributed by atoms with Crippen molar-refractivity contribution in [2.45, 2.75) is 18.4 Å². The summed E-state index contributed by atoms with van der Waals surface area (Å²) in [5, 5.41) is 0.983. The number of nitrogens with one attached hydrogen (secondary N) is 1. The van der Waals surface area contributed by atoms with Gasteiger partial charge in [0.05, 0.1) is 32.3 Å². The van der Waals surface area contributed by atoms with Gasteiger partial charge in [0.15, 0.2) is 0 Å². The van der Waals surface area contributed by atoms with Gasteiger partial charge in [-0.3, -0.25) is 19.3 Å². The summed E-state index contributed by atoms with van der Waals surface area (Å²) in [6.45, 7) is 6.78. The first-order valence-corrected chi connectivity index (χ1v) is 12.9. The third-order valence-electron chi connectivity index (χ3n) is 5.61. The minimum Gasteiger partial charge on any atom is -0.304 e. The van der Waals surface area contributed by atoms with E-state index in [1.807, 2.05) is 19.1 Å². The van der Waals surface area contributed by atoms with Gasteiger partial charge in [0.2, 0.25) is 0 Å². The number of aromatic nitrogens is 2. The number of likely N-dealkylation sites (N-methyl/N-ethyl adjacent to an activating group) is 1. The highest BCUT2D eigenvalue weighted by molar-refractivity contribution is 9.10. The average Bonchev–Trinajstić information content (AvgIpc) is 2.78. The van der Waals surface area contributed by atoms with E-state index in [4.69, 9.17) is 11.6 Å². The second-order valence-corrected chi connectivity index (χ2v) is 10.8. The maximum absolute atomic E-state index is 13.2. The molecule has 0 aliphatic carbocycles. The summed E-state index contributed by atoms with van der Waals surface area (Å²) < 4.78 is 14.6. The van der Waals surface area contributed by atoms with Crippen LogP contribution in [0.3, 0.4) is 0 Å². The topological polar surface area (TPSA) is 70.5 Å². The van der Waals surface area contributed by atoms with Crippen LogP contribution in [0.15, 0.2) is 50.8 Å². The molecule has 0 bridgehead atoms. The molecular weight excluding hydrogens is 514 g/mol. The lowest BCUT2D eigenvalue weighted by molar-refractivity contribution is 0.148. The van der Waals surface area contributed by atoms with Gasteiger partial charge >= 0.3 is 0 Å². The molecule has 7 nitrogen and oxygen atoms in total. The van der Waals surface area contributed by atoms with Crippen LogP contribution in [-0.4, -0.2) is 62.6 Å². The van der Waals surface area contributed by atoms with Crippen molar-refractivity contribution in [3.8, 4) is 0 Å². The zero-order valence-corrected chi connectivity index (χ0v) is 21.1. The van der Waals surface area contributed by atoms with Crippen LogP contribution in [0, 0.1) is 0 Å². The smallest absolute Gasteiger partial charge is 0.280 e. The molecule has 1 aliphatic rings. The van der Waals surface area contributed by atoms with Crippen molar-refractivity contribution in [1.82, 2.24) is 19.5 Å². The zero-order valence-electron chi connectivity index (χ0n) is 18.0. The number of hydrogen-bond acceptors (Lipinski definition) is 6. The van der Waals surface area contributed by atoms with E-state index in [-0.39, 0.29) is 5.56 Å². The Kier molecular flexibility index (Phi) is 7.31. The zero-order chi connectivity index (χ0) is 22.8. The molecule has 1 aromatic heterocycles. The van der Waals surface area contributed by atoms with Gasteiger partial charge in [-0.1, -0.05) is 34.5 Å². The van der Waals surface area contributed by atoms with Gasteiger partial charge in [-0.2, -0.15) is 0 Å². The third-order valence-corrected chi connectivity index (χ3v) is 7.95. The van der Waals surface area contributed by atoms with Crippen LogP contribution >= 0.6 is 27.5 Å². The molecule has 170 valence electrons. The van der Waals surface area contributed by atoms with Gasteiger partial charge in [0, 0.05) is 48.0 Å². The van der Waals surface area contributed by atoms with Gasteiger partial charge in [-0.05, 0) is 42.9 Å². The van der Waals surface area contributed by atoms with Crippen molar-refractivity contribution in [2.24, 2.45) is 0 Å². The lowest BCUT2D eigenvalue weighted by Crippen LogP contribution is -2.43. The number of anilines is 1. The van der Waals surface area contributed by atoms with Crippen molar-refractivity contribution in [1.29, 1.82) is 0 Å². The molecule has 0 saturated carbocycles. The quantitative estimate of drug-likeness (QED) is 0.518. The number of fused-ring (bicyclic) bond motifs is 1. The van der Waals surface area contributed by atoms with Crippen LogP contribution in [0.25, 0.3) is 10.9 Å². The molecule has 1 aliphatic heterocycles. The molecule has 0 spiro atoms. The minimum atomic E-state index is -1.20. The molecule has 0 amide bonds. The maximum atomic E-state index is 13.2. The molecule has 2 aromatic carbocycles. The van der Waals surface area contributed by atoms with Crippen LogP contribution in [0.2, 0.25) is 5.02 Å². The Morgan fingerprint density at radius 2 is 1.94 bits per heavy atom. The van der Waals surface area contributed by atoms with Crippen molar-refractivity contribution in [3.05, 3.63) is 62.1 Å². The number of piperazine rings is 1. The highest BCUT2D eigenvalue weighted by atomic mass is 79.9. The van der Waals surface area contributed by atoms with E-state index in [0.29, 0.717) is 32.3 Å². The van der Waals surface area contributed by atoms with E-state index in [1.54, 1.807) is 18.2 Å². The van der Waals surface area contributed by atoms with E-state index in [9.17, 15) is 9.00 Å². The van der Waals surface area contributed by atoms with Crippen LogP contribution in [0.1, 0.15) is 12.5 Å². The van der Waals surface area contributed by atoms with E-state index < -0.39 is 10.8 Å². The van der Waals surface area contributed by atoms with E-state index in [1.165, 1.54) is 11.0 Å². The molecule has 2 heterocycles. The second-order valence-electron chi connectivity index (χ2n) is 7.85. The Bertz CT molecular complexity index is 1230. The molecule has 10 heteroatoms. The van der Waals surface area contributed by atoms with Gasteiger partial charge in [0.1, 0.15) is 6.33 Å². The maximum Gasteiger partial charge on any atom is 0.280 e. The van der Waals surface area contributed by atoms with Crippen molar-refractivity contribution in [2.75, 3.05) is 44.4 Å². The summed E-state index contributed by atoms with van der Waals surface area (Å²) in [6.07, 6.45) is 1.46. The second kappa shape index (κ2) is 10.0. The fraction of sp³-hybridized carbons (Fsp3) is 0.364. The van der Waals surface area contributed by atoms with Gasteiger partial charge < -0.3 is 4.90 Å². The first-order valence-electron chi connectivity index (χ1n) is 10.4. The molecule has 1 fully saturated rings. The first kappa shape index (κ1) is 23.4. The van der Waals surface area contributed by atoms with Crippen molar-refractivity contribution >= 4 is 54.9 Å². The highest BCUT2D eigenvalue weighted by Crippen LogP contribution is 2.26. The summed E-state index contributed by atoms with van der Waals surface area (Å²) in [5.41, 5.74) is 5.06. The van der Waals surface area contributed by atoms with Crippen LogP contribution in [0.5, 0.6) is 0 Å². The molecule has 32 heavy (non-hydrogen) atoms. The van der Waals surface area contributed by atoms with Gasteiger partial charge in [-0.15, -0.1) is 0 Å². The third kappa shape index (κ3) is 5.07. The van der Waals surface area contributed by atoms with Gasteiger partial charge in [-0.25, -0.2) is 9.66 Å². The number of nitrogens with zero attached hydrogens (tertiary/aromatic N) is 4. The SMILES string of the molecule is CCS(=O)c1ccc(Cl)cc1Nn1cnc2cc(CN3CCN(C)CC3)c(Br)cc2c1=O. The van der Waals surface area contributed by atoms with Crippen LogP contribution < -0.4 is 11.0 Å². The molecule has 1 N–H and O–H groups in total. The molecule has 3 aromatic rings. The molecule has 1 saturated heterocycles. The summed E-state index contributed by atoms with van der Waals surface area (Å²) in [4.78, 5) is 23.0. The van der Waals surface area contributed by atoms with Crippen LogP contribution in [-0.2, 0) is 17.3 Å². The molecule has 1 unspecified atom stereocenters. The largest absolute Gasteiger partial charge is 0.304 e. The standard InChI is InChI=1S/C22H25BrClN5O2S/c1-3-32(31)21-5-4-16(24)11-20(21)26-29-14-25-19-10-15(18(23)12-17(19)22(29)30)13-28-8-6-27(2)7-9-28/h4-5,10-12,14,26H,3,6-9,13H2,1-2H3. The van der Waals surface area contributed by atoms with Gasteiger partial charge in [0.25, 0.3) is 5.56 Å².